The fourth-order valence-corrected chi connectivity index (χ4v) is 3.72. The number of hydrogen-bond donors (Lipinski definition) is 3. The van der Waals surface area contributed by atoms with E-state index in [0.29, 0.717) is 17.6 Å². The van der Waals surface area contributed by atoms with Crippen LogP contribution in [0.5, 0.6) is 5.75 Å². The lowest BCUT2D eigenvalue weighted by molar-refractivity contribution is 0.0951. The Kier molecular flexibility index (Phi) is 6.03. The molecule has 29 heavy (non-hydrogen) atoms. The Hall–Kier alpha value is -2.96. The van der Waals surface area contributed by atoms with Crippen molar-refractivity contribution >= 4 is 16.8 Å². The van der Waals surface area contributed by atoms with Crippen LogP contribution in [0, 0.1) is 0 Å². The monoisotopic (exact) mass is 390 g/mol. The van der Waals surface area contributed by atoms with Gasteiger partial charge in [-0.3, -0.25) is 9.78 Å². The number of phenolic OH excluding ortho intramolecular Hbond substituents is 1. The van der Waals surface area contributed by atoms with Crippen LogP contribution in [0.2, 0.25) is 0 Å². The average molecular weight is 390 g/mol. The van der Waals surface area contributed by atoms with Crippen molar-refractivity contribution in [1.29, 1.82) is 0 Å². The number of hydrogen-bond acceptors (Lipinski definition) is 5. The third kappa shape index (κ3) is 4.72. The Labute approximate surface area is 170 Å². The zero-order valence-electron chi connectivity index (χ0n) is 16.4. The predicted octanol–water partition coefficient (Wildman–Crippen LogP) is 2.63. The van der Waals surface area contributed by atoms with Crippen LogP contribution in [-0.2, 0) is 0 Å². The molecule has 0 spiro atoms. The van der Waals surface area contributed by atoms with Gasteiger partial charge >= 0.3 is 0 Å². The van der Waals surface area contributed by atoms with E-state index in [2.05, 4.69) is 20.5 Å². The number of aromatic nitrogens is 1. The highest BCUT2D eigenvalue weighted by atomic mass is 16.3. The number of nitrogens with one attached hydrogen (secondary N) is 2. The topological polar surface area (TPSA) is 77.5 Å². The van der Waals surface area contributed by atoms with Crippen molar-refractivity contribution in [3.8, 4) is 16.9 Å². The van der Waals surface area contributed by atoms with E-state index in [9.17, 15) is 9.90 Å². The Morgan fingerprint density at radius 2 is 1.97 bits per heavy atom. The Morgan fingerprint density at radius 1 is 1.10 bits per heavy atom. The molecule has 4 rings (SSSR count). The van der Waals surface area contributed by atoms with Crippen molar-refractivity contribution < 1.29 is 9.90 Å². The SMILES string of the molecule is O=C(NCCCN1CCNCC1)c1cccc(-c2cc(O)c3ncccc3c2)c1. The number of pyridine rings is 1. The minimum absolute atomic E-state index is 0.0705. The van der Waals surface area contributed by atoms with Crippen LogP contribution in [0.25, 0.3) is 22.0 Å². The first-order valence-electron chi connectivity index (χ1n) is 10.1. The van der Waals surface area contributed by atoms with Gasteiger partial charge in [0.05, 0.1) is 0 Å². The summed E-state index contributed by atoms with van der Waals surface area (Å²) in [6.07, 6.45) is 2.60. The Morgan fingerprint density at radius 3 is 2.83 bits per heavy atom. The molecule has 6 nitrogen and oxygen atoms in total. The van der Waals surface area contributed by atoms with Gasteiger partial charge in [-0.2, -0.15) is 0 Å². The van der Waals surface area contributed by atoms with Crippen LogP contribution >= 0.6 is 0 Å². The van der Waals surface area contributed by atoms with Crippen LogP contribution in [0.15, 0.2) is 54.7 Å². The normalized spacial score (nSPS) is 14.8. The van der Waals surface area contributed by atoms with Crippen molar-refractivity contribution in [2.75, 3.05) is 39.3 Å². The van der Waals surface area contributed by atoms with Crippen molar-refractivity contribution in [3.05, 3.63) is 60.3 Å². The maximum atomic E-state index is 12.6. The molecular weight excluding hydrogens is 364 g/mol. The molecule has 1 amide bonds. The summed E-state index contributed by atoms with van der Waals surface area (Å²) in [5.74, 6) is 0.0692. The van der Waals surface area contributed by atoms with Gasteiger partial charge in [-0.25, -0.2) is 0 Å². The van der Waals surface area contributed by atoms with Crippen LogP contribution < -0.4 is 10.6 Å². The number of nitrogens with zero attached hydrogens (tertiary/aromatic N) is 2. The molecule has 3 aromatic rings. The number of carbonyl (C=O) groups is 1. The van der Waals surface area contributed by atoms with E-state index in [0.717, 1.165) is 55.7 Å². The van der Waals surface area contributed by atoms with Gasteiger partial charge in [0.2, 0.25) is 0 Å². The van der Waals surface area contributed by atoms with Crippen molar-refractivity contribution in [1.82, 2.24) is 20.5 Å². The lowest BCUT2D eigenvalue weighted by Gasteiger charge is -2.27. The average Bonchev–Trinajstić information content (AvgIpc) is 2.77. The van der Waals surface area contributed by atoms with Gasteiger partial charge in [-0.1, -0.05) is 18.2 Å². The van der Waals surface area contributed by atoms with Gasteiger partial charge in [0.25, 0.3) is 5.91 Å². The second-order valence-electron chi connectivity index (χ2n) is 7.35. The summed E-state index contributed by atoms with van der Waals surface area (Å²) in [5.41, 5.74) is 2.95. The van der Waals surface area contributed by atoms with E-state index in [1.165, 1.54) is 0 Å². The van der Waals surface area contributed by atoms with Gasteiger partial charge in [0, 0.05) is 49.9 Å². The number of benzene rings is 2. The molecule has 0 aliphatic carbocycles. The van der Waals surface area contributed by atoms with Gasteiger partial charge < -0.3 is 20.6 Å². The molecular formula is C23H26N4O2. The molecule has 2 aromatic carbocycles. The van der Waals surface area contributed by atoms with Gasteiger partial charge in [-0.05, 0) is 54.4 Å². The highest BCUT2D eigenvalue weighted by molar-refractivity contribution is 5.96. The van der Waals surface area contributed by atoms with E-state index in [1.807, 2.05) is 42.5 Å². The number of piperazine rings is 1. The fraction of sp³-hybridized carbons (Fsp3) is 0.304. The molecule has 1 aromatic heterocycles. The third-order valence-electron chi connectivity index (χ3n) is 5.29. The molecule has 0 bridgehead atoms. The van der Waals surface area contributed by atoms with E-state index in [1.54, 1.807) is 12.3 Å². The van der Waals surface area contributed by atoms with Gasteiger partial charge in [0.15, 0.2) is 0 Å². The second-order valence-corrected chi connectivity index (χ2v) is 7.35. The molecule has 1 saturated heterocycles. The molecule has 3 N–H and O–H groups in total. The first-order chi connectivity index (χ1) is 14.2. The van der Waals surface area contributed by atoms with Crippen LogP contribution in [0.4, 0.5) is 0 Å². The minimum Gasteiger partial charge on any atom is -0.506 e. The lowest BCUT2D eigenvalue weighted by atomic mass is 10.0. The largest absolute Gasteiger partial charge is 0.506 e. The summed E-state index contributed by atoms with van der Waals surface area (Å²) >= 11 is 0. The summed E-state index contributed by atoms with van der Waals surface area (Å²) in [6, 6.07) is 14.9. The molecule has 6 heteroatoms. The molecule has 1 fully saturated rings. The number of carbonyl (C=O) groups excluding carboxylic acids is 1. The van der Waals surface area contributed by atoms with Crippen molar-refractivity contribution in [2.45, 2.75) is 6.42 Å². The molecule has 1 aliphatic heterocycles. The summed E-state index contributed by atoms with van der Waals surface area (Å²) in [5, 5.41) is 17.5. The third-order valence-corrected chi connectivity index (χ3v) is 5.29. The molecule has 0 atom stereocenters. The molecule has 150 valence electrons. The highest BCUT2D eigenvalue weighted by Gasteiger charge is 2.11. The second kappa shape index (κ2) is 9.03. The van der Waals surface area contributed by atoms with E-state index in [4.69, 9.17) is 0 Å². The quantitative estimate of drug-likeness (QED) is 0.564. The Bertz CT molecular complexity index is 999. The van der Waals surface area contributed by atoms with Crippen molar-refractivity contribution in [3.63, 3.8) is 0 Å². The van der Waals surface area contributed by atoms with Crippen LogP contribution in [0.3, 0.4) is 0 Å². The first-order valence-corrected chi connectivity index (χ1v) is 10.1. The molecule has 2 heterocycles. The number of phenols is 1. The summed E-state index contributed by atoms with van der Waals surface area (Å²) in [7, 11) is 0. The molecule has 0 saturated carbocycles. The number of fused-ring (bicyclic) bond motifs is 1. The van der Waals surface area contributed by atoms with E-state index >= 15 is 0 Å². The van der Waals surface area contributed by atoms with E-state index < -0.39 is 0 Å². The van der Waals surface area contributed by atoms with E-state index in [-0.39, 0.29) is 11.7 Å². The standard InChI is InChI=1S/C23H26N4O2/c28-21-16-20(15-18-6-2-7-25-22(18)21)17-4-1-5-19(14-17)23(29)26-8-3-11-27-12-9-24-10-13-27/h1-2,4-7,14-16,24,28H,3,8-13H2,(H,26,29). The smallest absolute Gasteiger partial charge is 0.251 e. The summed E-state index contributed by atoms with van der Waals surface area (Å²) < 4.78 is 0. The maximum Gasteiger partial charge on any atom is 0.251 e. The Balaban J connectivity index is 1.41. The summed E-state index contributed by atoms with van der Waals surface area (Å²) in [4.78, 5) is 19.2. The summed E-state index contributed by atoms with van der Waals surface area (Å²) in [6.45, 7) is 5.90. The van der Waals surface area contributed by atoms with Crippen LogP contribution in [-0.4, -0.2) is 60.2 Å². The highest BCUT2D eigenvalue weighted by Crippen LogP contribution is 2.30. The lowest BCUT2D eigenvalue weighted by Crippen LogP contribution is -2.44. The van der Waals surface area contributed by atoms with Crippen molar-refractivity contribution in [2.24, 2.45) is 0 Å². The number of aromatic hydroxyl groups is 1. The zero-order chi connectivity index (χ0) is 20.1. The fourth-order valence-electron chi connectivity index (χ4n) is 3.72. The predicted molar refractivity (Wildman–Crippen MR) is 115 cm³/mol. The van der Waals surface area contributed by atoms with Gasteiger partial charge in [0.1, 0.15) is 11.3 Å². The molecule has 0 radical (unpaired) electrons. The molecule has 0 unspecified atom stereocenters. The maximum absolute atomic E-state index is 12.6. The number of rotatable bonds is 6. The molecule has 1 aliphatic rings. The zero-order valence-corrected chi connectivity index (χ0v) is 16.4. The minimum atomic E-state index is -0.0705. The van der Waals surface area contributed by atoms with Gasteiger partial charge in [-0.15, -0.1) is 0 Å². The first kappa shape index (κ1) is 19.4. The van der Waals surface area contributed by atoms with Crippen LogP contribution in [0.1, 0.15) is 16.8 Å². The number of amides is 1.